The highest BCUT2D eigenvalue weighted by Gasteiger charge is 2.11. The van der Waals surface area contributed by atoms with Gasteiger partial charge in [0.15, 0.2) is 11.6 Å². The lowest BCUT2D eigenvalue weighted by atomic mass is 10.1. The van der Waals surface area contributed by atoms with E-state index in [9.17, 15) is 13.6 Å². The Morgan fingerprint density at radius 2 is 1.82 bits per heavy atom. The van der Waals surface area contributed by atoms with Crippen molar-refractivity contribution < 1.29 is 13.6 Å². The number of hydrogen-bond donors (Lipinski definition) is 2. The summed E-state index contributed by atoms with van der Waals surface area (Å²) < 4.78 is 26.0. The Balaban J connectivity index is 1.80. The highest BCUT2D eigenvalue weighted by molar-refractivity contribution is 5.74. The van der Waals surface area contributed by atoms with Crippen LogP contribution in [0.1, 0.15) is 24.1 Å². The maximum Gasteiger partial charge on any atom is 0.315 e. The Kier molecular flexibility index (Phi) is 5.47. The van der Waals surface area contributed by atoms with E-state index in [-0.39, 0.29) is 6.03 Å². The molecule has 5 heteroatoms. The molecule has 0 unspecified atom stereocenters. The number of urea groups is 1. The summed E-state index contributed by atoms with van der Waals surface area (Å²) in [6.45, 7) is 2.21. The largest absolute Gasteiger partial charge is 0.338 e. The van der Waals surface area contributed by atoms with Crippen LogP contribution in [0.4, 0.5) is 13.6 Å². The fourth-order valence-electron chi connectivity index (χ4n) is 2.08. The lowest BCUT2D eigenvalue weighted by Gasteiger charge is -2.15. The molecule has 0 fully saturated rings. The van der Waals surface area contributed by atoms with Crippen molar-refractivity contribution in [3.63, 3.8) is 0 Å². The fraction of sp³-hybridized carbons (Fsp3) is 0.235. The fourth-order valence-corrected chi connectivity index (χ4v) is 2.08. The van der Waals surface area contributed by atoms with E-state index in [2.05, 4.69) is 10.6 Å². The number of rotatable bonds is 5. The van der Waals surface area contributed by atoms with Crippen molar-refractivity contribution in [3.8, 4) is 0 Å². The summed E-state index contributed by atoms with van der Waals surface area (Å²) in [6, 6.07) is 12.6. The van der Waals surface area contributed by atoms with Crippen molar-refractivity contribution in [2.75, 3.05) is 6.54 Å². The Hall–Kier alpha value is -2.43. The highest BCUT2D eigenvalue weighted by atomic mass is 19.2. The first-order valence-corrected chi connectivity index (χ1v) is 7.09. The van der Waals surface area contributed by atoms with Gasteiger partial charge in [0.2, 0.25) is 0 Å². The van der Waals surface area contributed by atoms with Gasteiger partial charge >= 0.3 is 6.03 Å². The number of carbonyl (C=O) groups excluding carboxylic acids is 1. The molecular weight excluding hydrogens is 286 g/mol. The van der Waals surface area contributed by atoms with Gasteiger partial charge in [0, 0.05) is 6.54 Å². The summed E-state index contributed by atoms with van der Waals surface area (Å²) >= 11 is 0. The SMILES string of the molecule is C[C@@H](NC(=O)NCCc1ccccc1)c1ccc(F)c(F)c1. The summed E-state index contributed by atoms with van der Waals surface area (Å²) in [7, 11) is 0. The van der Waals surface area contributed by atoms with Gasteiger partial charge in [-0.05, 0) is 36.6 Å². The van der Waals surface area contributed by atoms with Crippen LogP contribution in [0.5, 0.6) is 0 Å². The highest BCUT2D eigenvalue weighted by Crippen LogP contribution is 2.15. The van der Waals surface area contributed by atoms with Gasteiger partial charge in [0.1, 0.15) is 0 Å². The van der Waals surface area contributed by atoms with Crippen LogP contribution >= 0.6 is 0 Å². The molecule has 0 aliphatic carbocycles. The molecule has 3 nitrogen and oxygen atoms in total. The van der Waals surface area contributed by atoms with Crippen LogP contribution < -0.4 is 10.6 Å². The van der Waals surface area contributed by atoms with Crippen molar-refractivity contribution in [2.45, 2.75) is 19.4 Å². The van der Waals surface area contributed by atoms with Crippen molar-refractivity contribution in [1.29, 1.82) is 0 Å². The lowest BCUT2D eigenvalue weighted by molar-refractivity contribution is 0.238. The zero-order valence-electron chi connectivity index (χ0n) is 12.3. The minimum absolute atomic E-state index is 0.340. The molecular formula is C17H18F2N2O. The number of nitrogens with one attached hydrogen (secondary N) is 2. The van der Waals surface area contributed by atoms with Crippen molar-refractivity contribution in [2.24, 2.45) is 0 Å². The second-order valence-electron chi connectivity index (χ2n) is 5.03. The van der Waals surface area contributed by atoms with Crippen molar-refractivity contribution >= 4 is 6.03 Å². The normalized spacial score (nSPS) is 11.8. The number of carbonyl (C=O) groups is 1. The van der Waals surface area contributed by atoms with Crippen LogP contribution in [0, 0.1) is 11.6 Å². The van der Waals surface area contributed by atoms with Crippen LogP contribution in [0.25, 0.3) is 0 Å². The van der Waals surface area contributed by atoms with Gasteiger partial charge in [-0.25, -0.2) is 13.6 Å². The first-order chi connectivity index (χ1) is 10.6. The Labute approximate surface area is 128 Å². The maximum atomic E-state index is 13.2. The van der Waals surface area contributed by atoms with E-state index in [0.29, 0.717) is 12.1 Å². The Morgan fingerprint density at radius 3 is 2.50 bits per heavy atom. The smallest absolute Gasteiger partial charge is 0.315 e. The first-order valence-electron chi connectivity index (χ1n) is 7.09. The number of amides is 2. The van der Waals surface area contributed by atoms with Gasteiger partial charge < -0.3 is 10.6 Å². The summed E-state index contributed by atoms with van der Waals surface area (Å²) in [4.78, 5) is 11.8. The van der Waals surface area contributed by atoms with Gasteiger partial charge in [0.25, 0.3) is 0 Å². The molecule has 116 valence electrons. The molecule has 0 saturated carbocycles. The van der Waals surface area contributed by atoms with E-state index in [0.717, 1.165) is 24.1 Å². The lowest BCUT2D eigenvalue weighted by Crippen LogP contribution is -2.38. The van der Waals surface area contributed by atoms with Crippen molar-refractivity contribution in [1.82, 2.24) is 10.6 Å². The molecule has 0 aliphatic rings. The van der Waals surface area contributed by atoms with Crippen LogP contribution in [-0.2, 0) is 6.42 Å². The van der Waals surface area contributed by atoms with Crippen LogP contribution in [0.15, 0.2) is 48.5 Å². The zero-order valence-corrected chi connectivity index (χ0v) is 12.3. The third-order valence-corrected chi connectivity index (χ3v) is 3.33. The van der Waals surface area contributed by atoms with E-state index in [4.69, 9.17) is 0 Å². The quantitative estimate of drug-likeness (QED) is 0.871. The predicted molar refractivity (Wildman–Crippen MR) is 81.5 cm³/mol. The molecule has 0 spiro atoms. The summed E-state index contributed by atoms with van der Waals surface area (Å²) in [5.41, 5.74) is 1.65. The van der Waals surface area contributed by atoms with Crippen LogP contribution in [0.3, 0.4) is 0 Å². The van der Waals surface area contributed by atoms with Crippen LogP contribution in [-0.4, -0.2) is 12.6 Å². The molecule has 2 amide bonds. The third kappa shape index (κ3) is 4.55. The molecule has 0 aliphatic heterocycles. The first kappa shape index (κ1) is 15.9. The summed E-state index contributed by atoms with van der Waals surface area (Å²) in [5, 5.41) is 5.43. The summed E-state index contributed by atoms with van der Waals surface area (Å²) in [6.07, 6.45) is 0.730. The van der Waals surface area contributed by atoms with Gasteiger partial charge in [0.05, 0.1) is 6.04 Å². The van der Waals surface area contributed by atoms with Gasteiger partial charge in [-0.3, -0.25) is 0 Å². The Bertz CT molecular complexity index is 632. The molecule has 2 N–H and O–H groups in total. The van der Waals surface area contributed by atoms with E-state index in [1.54, 1.807) is 6.92 Å². The third-order valence-electron chi connectivity index (χ3n) is 3.33. The molecule has 0 bridgehead atoms. The number of benzene rings is 2. The van der Waals surface area contributed by atoms with Gasteiger partial charge in [-0.1, -0.05) is 36.4 Å². The molecule has 0 heterocycles. The molecule has 0 aromatic heterocycles. The van der Waals surface area contributed by atoms with Crippen molar-refractivity contribution in [3.05, 3.63) is 71.3 Å². The molecule has 2 aromatic rings. The summed E-state index contributed by atoms with van der Waals surface area (Å²) in [5.74, 6) is -1.82. The molecule has 22 heavy (non-hydrogen) atoms. The van der Waals surface area contributed by atoms with Gasteiger partial charge in [-0.2, -0.15) is 0 Å². The Morgan fingerprint density at radius 1 is 1.09 bits per heavy atom. The number of hydrogen-bond acceptors (Lipinski definition) is 1. The van der Waals surface area contributed by atoms with Crippen LogP contribution in [0.2, 0.25) is 0 Å². The minimum atomic E-state index is -0.921. The predicted octanol–water partition coefficient (Wildman–Crippen LogP) is 3.57. The number of halogens is 2. The van der Waals surface area contributed by atoms with E-state index in [1.165, 1.54) is 6.07 Å². The molecule has 0 saturated heterocycles. The second-order valence-corrected chi connectivity index (χ2v) is 5.03. The molecule has 2 rings (SSSR count). The molecule has 1 atom stereocenters. The molecule has 0 radical (unpaired) electrons. The van der Waals surface area contributed by atoms with E-state index < -0.39 is 17.7 Å². The second kappa shape index (κ2) is 7.54. The van der Waals surface area contributed by atoms with Gasteiger partial charge in [-0.15, -0.1) is 0 Å². The monoisotopic (exact) mass is 304 g/mol. The topological polar surface area (TPSA) is 41.1 Å². The average molecular weight is 304 g/mol. The zero-order chi connectivity index (χ0) is 15.9. The minimum Gasteiger partial charge on any atom is -0.338 e. The maximum absolute atomic E-state index is 13.2. The van der Waals surface area contributed by atoms with E-state index in [1.807, 2.05) is 30.3 Å². The van der Waals surface area contributed by atoms with E-state index >= 15 is 0 Å². The standard InChI is InChI=1S/C17H18F2N2O/c1-12(14-7-8-15(18)16(19)11-14)21-17(22)20-10-9-13-5-3-2-4-6-13/h2-8,11-12H,9-10H2,1H3,(H2,20,21,22)/t12-/m1/s1. The average Bonchev–Trinajstić information content (AvgIpc) is 2.51. The molecule has 2 aromatic carbocycles.